The molecule has 0 radical (unpaired) electrons. The first-order valence-electron chi connectivity index (χ1n) is 6.19. The van der Waals surface area contributed by atoms with Crippen molar-refractivity contribution in [2.75, 3.05) is 31.6 Å². The fraction of sp³-hybridized carbons (Fsp3) is 0.909. The van der Waals surface area contributed by atoms with E-state index in [1.54, 1.807) is 0 Å². The number of hydrogen-bond acceptors (Lipinski definition) is 3. The van der Waals surface area contributed by atoms with Gasteiger partial charge in [-0.15, -0.1) is 0 Å². The Bertz CT molecular complexity index is 313. The van der Waals surface area contributed by atoms with Crippen molar-refractivity contribution in [3.63, 3.8) is 0 Å². The Morgan fingerprint density at radius 2 is 1.88 bits per heavy atom. The number of hydrogen-bond donors (Lipinski definition) is 2. The van der Waals surface area contributed by atoms with E-state index in [9.17, 15) is 8.42 Å². The van der Waals surface area contributed by atoms with E-state index in [1.165, 1.54) is 19.1 Å². The summed E-state index contributed by atoms with van der Waals surface area (Å²) in [6.45, 7) is 6.10. The minimum absolute atomic E-state index is 0.131. The third-order valence-corrected chi connectivity index (χ3v) is 3.09. The van der Waals surface area contributed by atoms with Crippen molar-refractivity contribution < 1.29 is 8.42 Å². The molecule has 0 rings (SSSR count). The zero-order valence-corrected chi connectivity index (χ0v) is 11.9. The van der Waals surface area contributed by atoms with Crippen LogP contribution in [-0.4, -0.2) is 46.0 Å². The van der Waals surface area contributed by atoms with Crippen molar-refractivity contribution >= 4 is 15.8 Å². The van der Waals surface area contributed by atoms with E-state index in [0.29, 0.717) is 12.5 Å². The summed E-state index contributed by atoms with van der Waals surface area (Å²) in [5, 5.41) is 6.10. The number of unbranched alkanes of at least 4 members (excludes halogenated alkanes) is 2. The molecular weight excluding hydrogens is 238 g/mol. The Labute approximate surface area is 105 Å². The number of nitrogens with zero attached hydrogens (tertiary/aromatic N) is 1. The molecule has 0 amide bonds. The summed E-state index contributed by atoms with van der Waals surface area (Å²) in [6.07, 6.45) is 4.65. The molecule has 0 aromatic rings. The topological polar surface area (TPSA) is 70.6 Å². The number of nitrogens with one attached hydrogen (secondary N) is 2. The molecule has 0 aliphatic carbocycles. The van der Waals surface area contributed by atoms with Gasteiger partial charge in [0.05, 0.1) is 5.75 Å². The van der Waals surface area contributed by atoms with Crippen molar-refractivity contribution in [2.45, 2.75) is 33.1 Å². The molecule has 0 bridgehead atoms. The Kier molecular flexibility index (Phi) is 8.85. The van der Waals surface area contributed by atoms with E-state index in [-0.39, 0.29) is 5.75 Å². The Hall–Kier alpha value is -0.780. The second-order valence-corrected chi connectivity index (χ2v) is 6.28. The first-order valence-corrected chi connectivity index (χ1v) is 8.25. The van der Waals surface area contributed by atoms with Crippen molar-refractivity contribution in [1.82, 2.24) is 10.6 Å². The summed E-state index contributed by atoms with van der Waals surface area (Å²) in [5.74, 6) is 0.832. The lowest BCUT2D eigenvalue weighted by molar-refractivity contribution is 0.600. The van der Waals surface area contributed by atoms with Gasteiger partial charge in [-0.05, 0) is 13.3 Å². The Morgan fingerprint density at radius 3 is 2.41 bits per heavy atom. The molecule has 0 aromatic heterocycles. The standard InChI is InChI=1S/C11H25N3O2S/c1-4-6-7-8-13-11(12-5-2)14-9-10-17(3,15)16/h4-10H2,1-3H3,(H2,12,13,14). The molecule has 0 saturated heterocycles. The average Bonchev–Trinajstić information content (AvgIpc) is 2.22. The zero-order valence-electron chi connectivity index (χ0n) is 11.1. The lowest BCUT2D eigenvalue weighted by Crippen LogP contribution is -2.39. The van der Waals surface area contributed by atoms with Crippen LogP contribution in [0.1, 0.15) is 33.1 Å². The molecule has 0 heterocycles. The molecule has 0 aliphatic rings. The van der Waals surface area contributed by atoms with Gasteiger partial charge in [0.2, 0.25) is 0 Å². The lowest BCUT2D eigenvalue weighted by Gasteiger charge is -2.10. The van der Waals surface area contributed by atoms with Crippen molar-refractivity contribution in [3.8, 4) is 0 Å². The monoisotopic (exact) mass is 263 g/mol. The quantitative estimate of drug-likeness (QED) is 0.386. The summed E-state index contributed by atoms with van der Waals surface area (Å²) in [7, 11) is -2.91. The van der Waals surface area contributed by atoms with Crippen molar-refractivity contribution in [3.05, 3.63) is 0 Å². The highest BCUT2D eigenvalue weighted by Gasteiger charge is 2.02. The van der Waals surface area contributed by atoms with Crippen LogP contribution in [-0.2, 0) is 9.84 Å². The van der Waals surface area contributed by atoms with E-state index >= 15 is 0 Å². The lowest BCUT2D eigenvalue weighted by atomic mass is 10.2. The van der Waals surface area contributed by atoms with Gasteiger partial charge in [0.1, 0.15) is 9.84 Å². The molecule has 0 unspecified atom stereocenters. The molecule has 0 atom stereocenters. The molecule has 5 nitrogen and oxygen atoms in total. The zero-order chi connectivity index (χ0) is 13.1. The van der Waals surface area contributed by atoms with Gasteiger partial charge in [-0.2, -0.15) is 0 Å². The smallest absolute Gasteiger partial charge is 0.191 e. The average molecular weight is 263 g/mol. The van der Waals surface area contributed by atoms with Crippen molar-refractivity contribution in [2.24, 2.45) is 4.99 Å². The largest absolute Gasteiger partial charge is 0.357 e. The molecule has 17 heavy (non-hydrogen) atoms. The highest BCUT2D eigenvalue weighted by atomic mass is 32.2. The van der Waals surface area contributed by atoms with Gasteiger partial charge in [0.15, 0.2) is 5.96 Å². The van der Waals surface area contributed by atoms with E-state index in [0.717, 1.165) is 19.5 Å². The van der Waals surface area contributed by atoms with Gasteiger partial charge >= 0.3 is 0 Å². The van der Waals surface area contributed by atoms with Crippen LogP contribution in [0, 0.1) is 0 Å². The van der Waals surface area contributed by atoms with Crippen LogP contribution in [0.4, 0.5) is 0 Å². The molecule has 2 N–H and O–H groups in total. The minimum atomic E-state index is -2.91. The number of rotatable bonds is 8. The number of sulfone groups is 1. The first kappa shape index (κ1) is 16.2. The molecular formula is C11H25N3O2S. The van der Waals surface area contributed by atoms with E-state index in [1.807, 2.05) is 6.92 Å². The Balaban J connectivity index is 3.96. The minimum Gasteiger partial charge on any atom is -0.357 e. The fourth-order valence-corrected chi connectivity index (χ4v) is 1.72. The van der Waals surface area contributed by atoms with Gasteiger partial charge in [-0.25, -0.2) is 8.42 Å². The van der Waals surface area contributed by atoms with Gasteiger partial charge in [0.25, 0.3) is 0 Å². The highest BCUT2D eigenvalue weighted by molar-refractivity contribution is 7.90. The summed E-state index contributed by atoms with van der Waals surface area (Å²) >= 11 is 0. The van der Waals surface area contributed by atoms with Crippen LogP contribution in [0.5, 0.6) is 0 Å². The summed E-state index contributed by atoms with van der Waals surface area (Å²) in [4.78, 5) is 4.37. The maximum absolute atomic E-state index is 11.0. The second kappa shape index (κ2) is 9.27. The number of aliphatic imine (C=N–C) groups is 1. The van der Waals surface area contributed by atoms with Gasteiger partial charge in [0, 0.05) is 25.9 Å². The van der Waals surface area contributed by atoms with Crippen LogP contribution in [0.15, 0.2) is 4.99 Å². The van der Waals surface area contributed by atoms with E-state index in [4.69, 9.17) is 0 Å². The van der Waals surface area contributed by atoms with Crippen LogP contribution in [0.2, 0.25) is 0 Å². The first-order chi connectivity index (χ1) is 7.99. The molecule has 0 aromatic carbocycles. The Morgan fingerprint density at radius 1 is 1.18 bits per heavy atom. The third-order valence-electron chi connectivity index (χ3n) is 2.14. The van der Waals surface area contributed by atoms with Gasteiger partial charge in [-0.1, -0.05) is 19.8 Å². The van der Waals surface area contributed by atoms with Crippen LogP contribution < -0.4 is 10.6 Å². The molecule has 102 valence electrons. The predicted molar refractivity (Wildman–Crippen MR) is 73.2 cm³/mol. The fourth-order valence-electron chi connectivity index (χ4n) is 1.25. The summed E-state index contributed by atoms with van der Waals surface area (Å²) in [5.41, 5.74) is 0. The van der Waals surface area contributed by atoms with Crippen LogP contribution in [0.25, 0.3) is 0 Å². The normalized spacial score (nSPS) is 12.5. The SMILES string of the molecule is CCCCCN=C(NCC)NCCS(C)(=O)=O. The summed E-state index contributed by atoms with van der Waals surface area (Å²) in [6, 6.07) is 0. The third kappa shape index (κ3) is 11.5. The molecule has 0 saturated carbocycles. The maximum Gasteiger partial charge on any atom is 0.191 e. The van der Waals surface area contributed by atoms with E-state index < -0.39 is 9.84 Å². The van der Waals surface area contributed by atoms with Gasteiger partial charge in [-0.3, -0.25) is 4.99 Å². The predicted octanol–water partition coefficient (Wildman–Crippen LogP) is 0.776. The highest BCUT2D eigenvalue weighted by Crippen LogP contribution is 1.93. The van der Waals surface area contributed by atoms with Gasteiger partial charge < -0.3 is 10.6 Å². The molecule has 0 spiro atoms. The maximum atomic E-state index is 11.0. The van der Waals surface area contributed by atoms with Crippen molar-refractivity contribution in [1.29, 1.82) is 0 Å². The van der Waals surface area contributed by atoms with Crippen LogP contribution >= 0.6 is 0 Å². The van der Waals surface area contributed by atoms with Crippen LogP contribution in [0.3, 0.4) is 0 Å². The van der Waals surface area contributed by atoms with E-state index in [2.05, 4.69) is 22.5 Å². The summed E-state index contributed by atoms with van der Waals surface area (Å²) < 4.78 is 21.9. The molecule has 0 fully saturated rings. The molecule has 6 heteroatoms. The second-order valence-electron chi connectivity index (χ2n) is 4.02. The number of guanidine groups is 1. The molecule has 0 aliphatic heterocycles.